The Morgan fingerprint density at radius 1 is 0.426 bits per heavy atom. The van der Waals surface area contributed by atoms with Crippen LogP contribution in [0.3, 0.4) is 0 Å². The molecule has 2 aliphatic rings. The number of allylic oxidation sites excluding steroid dienone is 1. The van der Waals surface area contributed by atoms with Crippen molar-refractivity contribution in [3.63, 3.8) is 0 Å². The Kier molecular flexibility index (Phi) is 6.12. The highest BCUT2D eigenvalue weighted by Gasteiger charge is 2.33. The third kappa shape index (κ3) is 4.28. The van der Waals surface area contributed by atoms with E-state index in [1.807, 2.05) is 42.5 Å². The van der Waals surface area contributed by atoms with Gasteiger partial charge in [0, 0.05) is 27.9 Å². The summed E-state index contributed by atoms with van der Waals surface area (Å²) in [6.07, 6.45) is 1.73. The monoisotopic (exact) mass is 601 g/mol. The van der Waals surface area contributed by atoms with Gasteiger partial charge in [-0.15, -0.1) is 0 Å². The standard InChI is InChI=1S/C44H27NO2/c46-43-38-25-22-30(33-17-9-11-29-10-1-2-12-32(29)33)27-39(38)44(47)40(43)26-28-20-23-31(24-21-28)45-41-18-7-5-15-36(41)34-13-3-4-14-35(34)37-16-6-8-19-42(37)45/h1-27H. The minimum Gasteiger partial charge on any atom is -0.309 e. The predicted octanol–water partition coefficient (Wildman–Crippen LogP) is 11.1. The lowest BCUT2D eigenvalue weighted by Crippen LogP contribution is -2.10. The summed E-state index contributed by atoms with van der Waals surface area (Å²) in [4.78, 5) is 29.5. The molecule has 0 fully saturated rings. The van der Waals surface area contributed by atoms with E-state index in [4.69, 9.17) is 0 Å². The van der Waals surface area contributed by atoms with E-state index in [9.17, 15) is 9.59 Å². The lowest BCUT2D eigenvalue weighted by molar-refractivity contribution is 0.0990. The molecule has 220 valence electrons. The fourth-order valence-corrected chi connectivity index (χ4v) is 7.14. The smallest absolute Gasteiger partial charge is 0.197 e. The molecule has 47 heavy (non-hydrogen) atoms. The zero-order valence-corrected chi connectivity index (χ0v) is 25.4. The maximum atomic E-state index is 13.7. The van der Waals surface area contributed by atoms with Crippen LogP contribution in [0.25, 0.3) is 50.2 Å². The van der Waals surface area contributed by atoms with Crippen LogP contribution in [0.1, 0.15) is 26.3 Å². The Balaban J connectivity index is 1.08. The molecule has 1 heterocycles. The second-order valence-corrected chi connectivity index (χ2v) is 12.0. The van der Waals surface area contributed by atoms with Crippen LogP contribution in [0.4, 0.5) is 17.1 Å². The molecule has 0 bridgehead atoms. The Morgan fingerprint density at radius 2 is 0.979 bits per heavy atom. The predicted molar refractivity (Wildman–Crippen MR) is 192 cm³/mol. The molecule has 7 aromatic carbocycles. The van der Waals surface area contributed by atoms with Crippen LogP contribution in [-0.4, -0.2) is 11.6 Å². The Morgan fingerprint density at radius 3 is 1.68 bits per heavy atom. The van der Waals surface area contributed by atoms with Crippen LogP contribution in [-0.2, 0) is 0 Å². The van der Waals surface area contributed by atoms with Crippen molar-refractivity contribution in [3.05, 3.63) is 180 Å². The number of Topliss-reactive ketones (excluding diaryl/α,β-unsaturated/α-hetero) is 2. The van der Waals surface area contributed by atoms with Gasteiger partial charge in [0.05, 0.1) is 16.9 Å². The number of benzene rings is 7. The summed E-state index contributed by atoms with van der Waals surface area (Å²) in [6.45, 7) is 0. The maximum absolute atomic E-state index is 13.7. The van der Waals surface area contributed by atoms with Gasteiger partial charge in [-0.25, -0.2) is 0 Å². The first-order valence-corrected chi connectivity index (χ1v) is 15.8. The fraction of sp³-hybridized carbons (Fsp3) is 0. The summed E-state index contributed by atoms with van der Waals surface area (Å²) in [5.74, 6) is -0.462. The van der Waals surface area contributed by atoms with Crippen molar-refractivity contribution in [3.8, 4) is 33.4 Å². The first-order chi connectivity index (χ1) is 23.2. The Hall–Kier alpha value is -6.32. The van der Waals surface area contributed by atoms with E-state index in [-0.39, 0.29) is 17.1 Å². The van der Waals surface area contributed by atoms with Crippen LogP contribution >= 0.6 is 0 Å². The van der Waals surface area contributed by atoms with Crippen LogP contribution in [0.15, 0.2) is 163 Å². The van der Waals surface area contributed by atoms with Crippen molar-refractivity contribution < 1.29 is 9.59 Å². The van der Waals surface area contributed by atoms with Gasteiger partial charge >= 0.3 is 0 Å². The zero-order valence-electron chi connectivity index (χ0n) is 25.4. The molecule has 0 radical (unpaired) electrons. The van der Waals surface area contributed by atoms with Crippen molar-refractivity contribution >= 4 is 45.5 Å². The molecular formula is C44H27NO2. The van der Waals surface area contributed by atoms with Crippen molar-refractivity contribution in [1.82, 2.24) is 0 Å². The molecule has 1 aliphatic carbocycles. The molecule has 0 unspecified atom stereocenters. The van der Waals surface area contributed by atoms with Gasteiger partial charge in [0.15, 0.2) is 11.6 Å². The SMILES string of the molecule is O=C1C(=Cc2ccc(N3c4ccccc4-c4ccccc4-c4ccccc43)cc2)C(=O)c2cc(-c3cccc4ccccc34)ccc21. The molecule has 0 saturated carbocycles. The van der Waals surface area contributed by atoms with Gasteiger partial charge in [0.1, 0.15) is 0 Å². The largest absolute Gasteiger partial charge is 0.309 e. The first kappa shape index (κ1) is 27.0. The summed E-state index contributed by atoms with van der Waals surface area (Å²) < 4.78 is 0. The molecule has 3 heteroatoms. The number of hydrogen-bond donors (Lipinski definition) is 0. The van der Waals surface area contributed by atoms with Gasteiger partial charge in [-0.3, -0.25) is 9.59 Å². The van der Waals surface area contributed by atoms with Crippen LogP contribution in [0.5, 0.6) is 0 Å². The lowest BCUT2D eigenvalue weighted by atomic mass is 9.95. The van der Waals surface area contributed by atoms with Gasteiger partial charge in [-0.2, -0.15) is 0 Å². The van der Waals surface area contributed by atoms with Gasteiger partial charge in [0.2, 0.25) is 0 Å². The number of nitrogens with zero attached hydrogens (tertiary/aromatic N) is 1. The molecule has 0 spiro atoms. The van der Waals surface area contributed by atoms with Gasteiger partial charge in [0.25, 0.3) is 0 Å². The second kappa shape index (κ2) is 10.6. The quantitative estimate of drug-likeness (QED) is 0.149. The van der Waals surface area contributed by atoms with Crippen LogP contribution < -0.4 is 4.90 Å². The minimum absolute atomic E-state index is 0.198. The lowest BCUT2D eigenvalue weighted by Gasteiger charge is -2.27. The molecule has 0 amide bonds. The molecule has 7 aromatic rings. The van der Waals surface area contributed by atoms with Crippen molar-refractivity contribution in [2.24, 2.45) is 0 Å². The summed E-state index contributed by atoms with van der Waals surface area (Å²) in [7, 11) is 0. The van der Waals surface area contributed by atoms with Gasteiger partial charge in [-0.1, -0.05) is 121 Å². The minimum atomic E-state index is -0.232. The average Bonchev–Trinajstić information content (AvgIpc) is 3.28. The highest BCUT2D eigenvalue weighted by Crippen LogP contribution is 2.50. The number of carbonyl (C=O) groups is 2. The number of para-hydroxylation sites is 2. The average molecular weight is 602 g/mol. The van der Waals surface area contributed by atoms with Gasteiger partial charge in [-0.05, 0) is 81.1 Å². The van der Waals surface area contributed by atoms with E-state index in [2.05, 4.69) is 114 Å². The van der Waals surface area contributed by atoms with Crippen molar-refractivity contribution in [1.29, 1.82) is 0 Å². The number of rotatable bonds is 3. The van der Waals surface area contributed by atoms with Crippen molar-refractivity contribution in [2.75, 3.05) is 4.90 Å². The van der Waals surface area contributed by atoms with Crippen LogP contribution in [0, 0.1) is 0 Å². The van der Waals surface area contributed by atoms with E-state index < -0.39 is 0 Å². The fourth-order valence-electron chi connectivity index (χ4n) is 7.14. The summed E-state index contributed by atoms with van der Waals surface area (Å²) in [5.41, 5.74) is 11.8. The van der Waals surface area contributed by atoms with E-state index >= 15 is 0 Å². The highest BCUT2D eigenvalue weighted by atomic mass is 16.2. The third-order valence-corrected chi connectivity index (χ3v) is 9.36. The molecule has 9 rings (SSSR count). The second-order valence-electron chi connectivity index (χ2n) is 12.0. The number of fused-ring (bicyclic) bond motifs is 7. The zero-order chi connectivity index (χ0) is 31.5. The van der Waals surface area contributed by atoms with E-state index in [0.717, 1.165) is 55.7 Å². The number of carbonyl (C=O) groups excluding carboxylic acids is 2. The molecule has 0 aromatic heterocycles. The molecular weight excluding hydrogens is 574 g/mol. The molecule has 1 aliphatic heterocycles. The molecule has 0 N–H and O–H groups in total. The van der Waals surface area contributed by atoms with E-state index in [1.54, 1.807) is 12.1 Å². The molecule has 3 nitrogen and oxygen atoms in total. The summed E-state index contributed by atoms with van der Waals surface area (Å²) in [5, 5.41) is 2.25. The Bertz CT molecular complexity index is 2380. The van der Waals surface area contributed by atoms with Crippen molar-refractivity contribution in [2.45, 2.75) is 0 Å². The number of hydrogen-bond acceptors (Lipinski definition) is 3. The Labute approximate surface area is 272 Å². The van der Waals surface area contributed by atoms with E-state index in [1.165, 1.54) is 11.1 Å². The van der Waals surface area contributed by atoms with Gasteiger partial charge < -0.3 is 4.90 Å². The van der Waals surface area contributed by atoms with Crippen LogP contribution in [0.2, 0.25) is 0 Å². The topological polar surface area (TPSA) is 37.4 Å². The normalized spacial score (nSPS) is 14.0. The summed E-state index contributed by atoms with van der Waals surface area (Å²) in [6, 6.07) is 53.6. The molecule has 0 saturated heterocycles. The molecule has 0 atom stereocenters. The summed E-state index contributed by atoms with van der Waals surface area (Å²) >= 11 is 0. The number of ketones is 2. The number of anilines is 3. The highest BCUT2D eigenvalue weighted by molar-refractivity contribution is 6.41. The maximum Gasteiger partial charge on any atom is 0.197 e. The third-order valence-electron chi connectivity index (χ3n) is 9.36. The first-order valence-electron chi connectivity index (χ1n) is 15.8. The van der Waals surface area contributed by atoms with E-state index in [0.29, 0.717) is 11.1 Å².